The Morgan fingerprint density at radius 2 is 1.80 bits per heavy atom. The lowest BCUT2D eigenvalue weighted by atomic mass is 10.2. The summed E-state index contributed by atoms with van der Waals surface area (Å²) < 4.78 is 10.6. The Kier molecular flexibility index (Phi) is 5.34. The van der Waals surface area contributed by atoms with E-state index in [1.54, 1.807) is 0 Å². The van der Waals surface area contributed by atoms with Crippen molar-refractivity contribution in [3.8, 4) is 0 Å². The highest BCUT2D eigenvalue weighted by Gasteiger charge is 2.30. The van der Waals surface area contributed by atoms with Gasteiger partial charge in [0, 0.05) is 0 Å². The van der Waals surface area contributed by atoms with Gasteiger partial charge in [-0.15, -0.1) is 0 Å². The van der Waals surface area contributed by atoms with Crippen LogP contribution in [0.3, 0.4) is 0 Å². The molecule has 0 bridgehead atoms. The summed E-state index contributed by atoms with van der Waals surface area (Å²) in [5.74, 6) is 0. The second-order valence-corrected chi connectivity index (χ2v) is 4.69. The molecule has 1 amide bonds. The zero-order chi connectivity index (χ0) is 14.4. The maximum atomic E-state index is 12.0. The van der Waals surface area contributed by atoms with Crippen molar-refractivity contribution >= 4 is 6.09 Å². The van der Waals surface area contributed by atoms with Crippen LogP contribution in [0, 0.1) is 0 Å². The highest BCUT2D eigenvalue weighted by atomic mass is 16.6. The van der Waals surface area contributed by atoms with Crippen LogP contribution in [0.5, 0.6) is 0 Å². The average Bonchev–Trinajstić information content (AvgIpc) is 2.52. The molecule has 1 fully saturated rings. The molecular weight excluding hydrogens is 262 g/mol. The number of aliphatic hydroxyl groups excluding tert-OH is 2. The normalized spacial score (nSPS) is 22.6. The molecule has 1 aromatic carbocycles. The van der Waals surface area contributed by atoms with E-state index in [0.29, 0.717) is 0 Å². The van der Waals surface area contributed by atoms with Crippen molar-refractivity contribution in [3.63, 3.8) is 0 Å². The standard InChI is InChI=1S/C14H19NO5/c16-8-12-6-15(7-13(9-17)20-12)14(18)19-10-11-4-2-1-3-5-11/h1-5,12-13,16-17H,6-10H2/t12-,13+. The third-order valence-corrected chi connectivity index (χ3v) is 3.10. The summed E-state index contributed by atoms with van der Waals surface area (Å²) >= 11 is 0. The molecule has 0 saturated carbocycles. The third kappa shape index (κ3) is 3.93. The molecule has 0 aromatic heterocycles. The lowest BCUT2D eigenvalue weighted by Crippen LogP contribution is -2.52. The predicted octanol–water partition coefficient (Wildman–Crippen LogP) is 0.377. The van der Waals surface area contributed by atoms with Crippen LogP contribution in [0.25, 0.3) is 0 Å². The SMILES string of the molecule is O=C(OCc1ccccc1)N1C[C@@H](CO)O[C@@H](CO)C1. The van der Waals surface area contributed by atoms with Gasteiger partial charge >= 0.3 is 6.09 Å². The Morgan fingerprint density at radius 3 is 2.35 bits per heavy atom. The van der Waals surface area contributed by atoms with Crippen LogP contribution in [0.4, 0.5) is 4.79 Å². The molecule has 6 heteroatoms. The van der Waals surface area contributed by atoms with Crippen LogP contribution in [-0.4, -0.2) is 59.7 Å². The molecule has 0 unspecified atom stereocenters. The Balaban J connectivity index is 1.87. The first-order chi connectivity index (χ1) is 9.72. The smallest absolute Gasteiger partial charge is 0.410 e. The molecule has 2 rings (SSSR count). The number of rotatable bonds is 4. The topological polar surface area (TPSA) is 79.2 Å². The Bertz CT molecular complexity index is 413. The molecule has 1 aliphatic heterocycles. The molecule has 2 atom stereocenters. The van der Waals surface area contributed by atoms with E-state index in [1.165, 1.54) is 4.90 Å². The summed E-state index contributed by atoms with van der Waals surface area (Å²) in [7, 11) is 0. The van der Waals surface area contributed by atoms with Gasteiger partial charge in [-0.05, 0) is 5.56 Å². The molecule has 1 aliphatic rings. The minimum atomic E-state index is -0.481. The van der Waals surface area contributed by atoms with Crippen LogP contribution >= 0.6 is 0 Å². The maximum Gasteiger partial charge on any atom is 0.410 e. The van der Waals surface area contributed by atoms with E-state index in [4.69, 9.17) is 19.7 Å². The first-order valence-electron chi connectivity index (χ1n) is 6.55. The second-order valence-electron chi connectivity index (χ2n) is 4.69. The van der Waals surface area contributed by atoms with Crippen molar-refractivity contribution in [1.82, 2.24) is 4.90 Å². The van der Waals surface area contributed by atoms with Crippen molar-refractivity contribution in [2.75, 3.05) is 26.3 Å². The van der Waals surface area contributed by atoms with Crippen LogP contribution in [0.2, 0.25) is 0 Å². The van der Waals surface area contributed by atoms with Gasteiger partial charge in [0.2, 0.25) is 0 Å². The number of ether oxygens (including phenoxy) is 2. The number of hydrogen-bond acceptors (Lipinski definition) is 5. The molecule has 0 radical (unpaired) electrons. The van der Waals surface area contributed by atoms with E-state index in [0.717, 1.165) is 5.56 Å². The van der Waals surface area contributed by atoms with Crippen molar-refractivity contribution in [2.24, 2.45) is 0 Å². The zero-order valence-electron chi connectivity index (χ0n) is 11.1. The fraction of sp³-hybridized carbons (Fsp3) is 0.500. The van der Waals surface area contributed by atoms with Gasteiger partial charge in [0.15, 0.2) is 0 Å². The zero-order valence-corrected chi connectivity index (χ0v) is 11.1. The Morgan fingerprint density at radius 1 is 1.20 bits per heavy atom. The van der Waals surface area contributed by atoms with E-state index in [2.05, 4.69) is 0 Å². The van der Waals surface area contributed by atoms with Crippen molar-refractivity contribution in [1.29, 1.82) is 0 Å². The van der Waals surface area contributed by atoms with Gasteiger partial charge in [0.25, 0.3) is 0 Å². The van der Waals surface area contributed by atoms with Gasteiger partial charge in [-0.25, -0.2) is 4.79 Å². The summed E-state index contributed by atoms with van der Waals surface area (Å²) in [5.41, 5.74) is 0.909. The first kappa shape index (κ1) is 14.8. The number of morpholine rings is 1. The number of hydrogen-bond donors (Lipinski definition) is 2. The lowest BCUT2D eigenvalue weighted by Gasteiger charge is -2.36. The average molecular weight is 281 g/mol. The summed E-state index contributed by atoms with van der Waals surface area (Å²) in [5, 5.41) is 18.3. The van der Waals surface area contributed by atoms with Crippen LogP contribution in [0.1, 0.15) is 5.56 Å². The fourth-order valence-corrected chi connectivity index (χ4v) is 2.09. The van der Waals surface area contributed by atoms with Crippen LogP contribution in [-0.2, 0) is 16.1 Å². The van der Waals surface area contributed by atoms with Gasteiger partial charge in [-0.2, -0.15) is 0 Å². The minimum Gasteiger partial charge on any atom is -0.445 e. The molecule has 2 N–H and O–H groups in total. The summed E-state index contributed by atoms with van der Waals surface area (Å²) in [4.78, 5) is 13.4. The molecule has 0 spiro atoms. The molecule has 20 heavy (non-hydrogen) atoms. The van der Waals surface area contributed by atoms with E-state index in [9.17, 15) is 4.79 Å². The quantitative estimate of drug-likeness (QED) is 0.834. The molecule has 110 valence electrons. The highest BCUT2D eigenvalue weighted by molar-refractivity contribution is 5.67. The second kappa shape index (κ2) is 7.23. The van der Waals surface area contributed by atoms with Gasteiger partial charge in [-0.1, -0.05) is 30.3 Å². The van der Waals surface area contributed by atoms with Gasteiger partial charge < -0.3 is 24.6 Å². The number of carbonyl (C=O) groups excluding carboxylic acids is 1. The van der Waals surface area contributed by atoms with Gasteiger partial charge in [0.05, 0.1) is 38.5 Å². The van der Waals surface area contributed by atoms with Crippen LogP contribution in [0.15, 0.2) is 30.3 Å². The number of amides is 1. The highest BCUT2D eigenvalue weighted by Crippen LogP contribution is 2.13. The van der Waals surface area contributed by atoms with E-state index < -0.39 is 18.3 Å². The molecule has 6 nitrogen and oxygen atoms in total. The summed E-state index contributed by atoms with van der Waals surface area (Å²) in [6.45, 7) is 0.337. The number of benzene rings is 1. The lowest BCUT2D eigenvalue weighted by molar-refractivity contribution is -0.112. The van der Waals surface area contributed by atoms with E-state index in [1.807, 2.05) is 30.3 Å². The first-order valence-corrected chi connectivity index (χ1v) is 6.55. The molecule has 1 aromatic rings. The minimum absolute atomic E-state index is 0.195. The molecule has 0 aliphatic carbocycles. The number of aliphatic hydroxyl groups is 2. The van der Waals surface area contributed by atoms with Gasteiger partial charge in [-0.3, -0.25) is 0 Å². The Hall–Kier alpha value is -1.63. The third-order valence-electron chi connectivity index (χ3n) is 3.10. The van der Waals surface area contributed by atoms with E-state index in [-0.39, 0.29) is 32.9 Å². The number of carbonyl (C=O) groups is 1. The number of nitrogens with zero attached hydrogens (tertiary/aromatic N) is 1. The molecule has 1 saturated heterocycles. The van der Waals surface area contributed by atoms with Crippen LogP contribution < -0.4 is 0 Å². The van der Waals surface area contributed by atoms with Crippen molar-refractivity contribution in [2.45, 2.75) is 18.8 Å². The van der Waals surface area contributed by atoms with Crippen molar-refractivity contribution < 1.29 is 24.5 Å². The maximum absolute atomic E-state index is 12.0. The monoisotopic (exact) mass is 281 g/mol. The molecule has 1 heterocycles. The summed E-state index contributed by atoms with van der Waals surface area (Å²) in [6.07, 6.45) is -1.43. The van der Waals surface area contributed by atoms with Crippen molar-refractivity contribution in [3.05, 3.63) is 35.9 Å². The largest absolute Gasteiger partial charge is 0.445 e. The van der Waals surface area contributed by atoms with Gasteiger partial charge in [0.1, 0.15) is 6.61 Å². The summed E-state index contributed by atoms with van der Waals surface area (Å²) in [6, 6.07) is 9.40. The van der Waals surface area contributed by atoms with E-state index >= 15 is 0 Å². The molecular formula is C14H19NO5. The Labute approximate surface area is 117 Å². The predicted molar refractivity (Wildman–Crippen MR) is 71.0 cm³/mol. The fourth-order valence-electron chi connectivity index (χ4n) is 2.09.